The van der Waals surface area contributed by atoms with E-state index in [1.807, 2.05) is 12.3 Å². The molecule has 1 aromatic rings. The second-order valence-corrected chi connectivity index (χ2v) is 7.20. The van der Waals surface area contributed by atoms with Gasteiger partial charge in [0.1, 0.15) is 5.82 Å². The molecule has 1 aliphatic carbocycles. The van der Waals surface area contributed by atoms with Gasteiger partial charge in [0.15, 0.2) is 5.96 Å². The minimum Gasteiger partial charge on any atom is -0.378 e. The summed E-state index contributed by atoms with van der Waals surface area (Å²) in [4.78, 5) is 4.25. The van der Waals surface area contributed by atoms with Crippen LogP contribution in [0.2, 0.25) is 0 Å². The molecule has 0 spiro atoms. The fraction of sp³-hybridized carbons (Fsp3) is 0.632. The van der Waals surface area contributed by atoms with Crippen molar-refractivity contribution >= 4 is 41.7 Å². The Morgan fingerprint density at radius 2 is 2.04 bits per heavy atom. The van der Waals surface area contributed by atoms with Gasteiger partial charge in [0, 0.05) is 32.5 Å². The largest absolute Gasteiger partial charge is 0.378 e. The molecule has 1 fully saturated rings. The third-order valence-corrected chi connectivity index (χ3v) is 5.01. The lowest BCUT2D eigenvalue weighted by Gasteiger charge is -2.15. The van der Waals surface area contributed by atoms with E-state index in [0.29, 0.717) is 12.6 Å². The summed E-state index contributed by atoms with van der Waals surface area (Å²) in [6, 6.07) is 4.97. The third-order valence-electron chi connectivity index (χ3n) is 4.41. The molecule has 0 amide bonds. The molecule has 26 heavy (non-hydrogen) atoms. The first kappa shape index (κ1) is 23.5. The summed E-state index contributed by atoms with van der Waals surface area (Å²) >= 11 is 1.69. The van der Waals surface area contributed by atoms with Crippen LogP contribution in [-0.2, 0) is 17.0 Å². The van der Waals surface area contributed by atoms with Crippen LogP contribution in [0.5, 0.6) is 0 Å². The maximum atomic E-state index is 13.4. The number of aliphatic imine (C=N–C) groups is 1. The summed E-state index contributed by atoms with van der Waals surface area (Å²) in [7, 11) is 1.76. The average molecular weight is 495 g/mol. The summed E-state index contributed by atoms with van der Waals surface area (Å²) in [6.45, 7) is 2.26. The van der Waals surface area contributed by atoms with E-state index in [-0.39, 0.29) is 29.8 Å². The highest BCUT2D eigenvalue weighted by molar-refractivity contribution is 14.0. The average Bonchev–Trinajstić information content (AvgIpc) is 3.12. The van der Waals surface area contributed by atoms with Crippen molar-refractivity contribution in [3.05, 3.63) is 35.1 Å². The van der Waals surface area contributed by atoms with Crippen molar-refractivity contribution in [3.63, 3.8) is 0 Å². The number of rotatable bonds is 9. The van der Waals surface area contributed by atoms with E-state index < -0.39 is 0 Å². The molecule has 7 heteroatoms. The molecular weight excluding hydrogens is 464 g/mol. The van der Waals surface area contributed by atoms with Gasteiger partial charge in [0.05, 0.1) is 6.10 Å². The molecule has 0 heterocycles. The molecule has 148 valence electrons. The van der Waals surface area contributed by atoms with Crippen LogP contribution in [0.3, 0.4) is 0 Å². The zero-order chi connectivity index (χ0) is 17.9. The van der Waals surface area contributed by atoms with E-state index in [1.165, 1.54) is 31.7 Å². The molecule has 0 saturated heterocycles. The Kier molecular flexibility index (Phi) is 12.3. The number of guanidine groups is 1. The van der Waals surface area contributed by atoms with E-state index >= 15 is 0 Å². The van der Waals surface area contributed by atoms with Crippen LogP contribution >= 0.6 is 35.7 Å². The second-order valence-electron chi connectivity index (χ2n) is 6.33. The Morgan fingerprint density at radius 3 is 2.73 bits per heavy atom. The summed E-state index contributed by atoms with van der Waals surface area (Å²) in [6.07, 6.45) is 8.51. The third kappa shape index (κ3) is 8.43. The number of hydrogen-bond acceptors (Lipinski definition) is 3. The van der Waals surface area contributed by atoms with Gasteiger partial charge in [-0.15, -0.1) is 24.0 Å². The zero-order valence-electron chi connectivity index (χ0n) is 15.7. The maximum absolute atomic E-state index is 13.4. The first-order valence-electron chi connectivity index (χ1n) is 9.05. The van der Waals surface area contributed by atoms with Gasteiger partial charge in [0.2, 0.25) is 0 Å². The lowest BCUT2D eigenvalue weighted by molar-refractivity contribution is 0.0574. The predicted octanol–water partition coefficient (Wildman–Crippen LogP) is 4.32. The number of halogens is 2. The van der Waals surface area contributed by atoms with Gasteiger partial charge >= 0.3 is 0 Å². The SMILES string of the molecule is CN=C(NCCCOC1CCCC1)NCc1ccc(F)cc1CSC.I. The Labute approximate surface area is 178 Å². The van der Waals surface area contributed by atoms with Crippen molar-refractivity contribution in [2.45, 2.75) is 50.5 Å². The molecule has 2 rings (SSSR count). The minimum absolute atomic E-state index is 0. The quantitative estimate of drug-likeness (QED) is 0.232. The van der Waals surface area contributed by atoms with Gasteiger partial charge in [-0.2, -0.15) is 11.8 Å². The Balaban J connectivity index is 0.00000338. The molecule has 4 nitrogen and oxygen atoms in total. The number of hydrogen-bond donors (Lipinski definition) is 2. The predicted molar refractivity (Wildman–Crippen MR) is 120 cm³/mol. The molecule has 0 aliphatic heterocycles. The van der Waals surface area contributed by atoms with Gasteiger partial charge in [-0.1, -0.05) is 18.9 Å². The van der Waals surface area contributed by atoms with Crippen LogP contribution in [0.25, 0.3) is 0 Å². The molecule has 0 radical (unpaired) electrons. The number of nitrogens with zero attached hydrogens (tertiary/aromatic N) is 1. The van der Waals surface area contributed by atoms with Gasteiger partial charge in [-0.25, -0.2) is 4.39 Å². The lowest BCUT2D eigenvalue weighted by atomic mass is 10.1. The van der Waals surface area contributed by atoms with Crippen LogP contribution in [0, 0.1) is 5.82 Å². The Bertz CT molecular complexity index is 554. The molecule has 2 N–H and O–H groups in total. The van der Waals surface area contributed by atoms with Crippen molar-refractivity contribution in [2.24, 2.45) is 4.99 Å². The number of nitrogens with one attached hydrogen (secondary N) is 2. The highest BCUT2D eigenvalue weighted by atomic mass is 127. The van der Waals surface area contributed by atoms with Crippen LogP contribution in [0.15, 0.2) is 23.2 Å². The monoisotopic (exact) mass is 495 g/mol. The summed E-state index contributed by atoms with van der Waals surface area (Å²) in [5, 5.41) is 6.61. The molecular formula is C19H31FIN3OS. The summed E-state index contributed by atoms with van der Waals surface area (Å²) < 4.78 is 19.3. The fourth-order valence-electron chi connectivity index (χ4n) is 3.04. The first-order valence-corrected chi connectivity index (χ1v) is 10.4. The van der Waals surface area contributed by atoms with E-state index in [1.54, 1.807) is 24.9 Å². The number of benzene rings is 1. The van der Waals surface area contributed by atoms with E-state index in [4.69, 9.17) is 4.74 Å². The minimum atomic E-state index is -0.183. The van der Waals surface area contributed by atoms with Crippen molar-refractivity contribution in [1.29, 1.82) is 0 Å². The van der Waals surface area contributed by atoms with Crippen LogP contribution in [0.1, 0.15) is 43.2 Å². The molecule has 0 unspecified atom stereocenters. The van der Waals surface area contributed by atoms with Crippen molar-refractivity contribution < 1.29 is 9.13 Å². The normalized spacial score (nSPS) is 15.0. The van der Waals surface area contributed by atoms with Gasteiger partial charge < -0.3 is 15.4 Å². The number of thioether (sulfide) groups is 1. The van der Waals surface area contributed by atoms with Crippen molar-refractivity contribution in [1.82, 2.24) is 10.6 Å². The molecule has 1 aromatic carbocycles. The molecule has 1 saturated carbocycles. The molecule has 1 aliphatic rings. The number of ether oxygens (including phenoxy) is 1. The van der Waals surface area contributed by atoms with Crippen LogP contribution < -0.4 is 10.6 Å². The smallest absolute Gasteiger partial charge is 0.191 e. The van der Waals surface area contributed by atoms with Gasteiger partial charge in [-0.3, -0.25) is 4.99 Å². The van der Waals surface area contributed by atoms with Crippen LogP contribution in [-0.4, -0.2) is 38.5 Å². The molecule has 0 bridgehead atoms. The van der Waals surface area contributed by atoms with E-state index in [9.17, 15) is 4.39 Å². The second kappa shape index (κ2) is 13.6. The van der Waals surface area contributed by atoms with Crippen LogP contribution in [0.4, 0.5) is 4.39 Å². The highest BCUT2D eigenvalue weighted by Gasteiger charge is 2.14. The summed E-state index contributed by atoms with van der Waals surface area (Å²) in [5.41, 5.74) is 2.13. The van der Waals surface area contributed by atoms with E-state index in [0.717, 1.165) is 42.4 Å². The van der Waals surface area contributed by atoms with Crippen molar-refractivity contribution in [3.8, 4) is 0 Å². The Morgan fingerprint density at radius 1 is 1.27 bits per heavy atom. The Hall–Kier alpha value is -0.540. The van der Waals surface area contributed by atoms with E-state index in [2.05, 4.69) is 15.6 Å². The molecule has 0 aromatic heterocycles. The highest BCUT2D eigenvalue weighted by Crippen LogP contribution is 2.20. The van der Waals surface area contributed by atoms with Gasteiger partial charge in [0.25, 0.3) is 0 Å². The van der Waals surface area contributed by atoms with Crippen molar-refractivity contribution in [2.75, 3.05) is 26.5 Å². The maximum Gasteiger partial charge on any atom is 0.191 e. The zero-order valence-corrected chi connectivity index (χ0v) is 18.9. The first-order chi connectivity index (χ1) is 12.2. The molecule has 0 atom stereocenters. The standard InChI is InChI=1S/C19H30FN3OS.HI/c1-21-19(22-10-5-11-24-18-6-3-4-7-18)23-13-15-8-9-17(20)12-16(15)14-25-2;/h8-9,12,18H,3-7,10-11,13-14H2,1-2H3,(H2,21,22,23);1H. The topological polar surface area (TPSA) is 45.7 Å². The summed E-state index contributed by atoms with van der Waals surface area (Å²) in [5.74, 6) is 1.39. The fourth-order valence-corrected chi connectivity index (χ4v) is 3.62. The van der Waals surface area contributed by atoms with Gasteiger partial charge in [-0.05, 0) is 48.8 Å². The lowest BCUT2D eigenvalue weighted by Crippen LogP contribution is -2.37.